The molecule has 0 unspecified atom stereocenters. The molecule has 0 radical (unpaired) electrons. The van der Waals surface area contributed by atoms with Crippen molar-refractivity contribution in [2.24, 2.45) is 0 Å². The summed E-state index contributed by atoms with van der Waals surface area (Å²) < 4.78 is 28.1. The third-order valence-electron chi connectivity index (χ3n) is 5.27. The minimum absolute atomic E-state index is 0.0507. The highest BCUT2D eigenvalue weighted by atomic mass is 35.5. The normalized spacial score (nSPS) is 11.6. The van der Waals surface area contributed by atoms with E-state index in [0.29, 0.717) is 12.1 Å². The standard InChI is InChI=1S/C25H26Cl2N2O3S/c1-17-13-18(2)25(19(3)14-17)28-24(30)16-29(12-11-20-7-5-4-6-8-20)33(31,32)23-15-21(26)9-10-22(23)27/h4-10,13-15H,11-12,16H2,1-3H3,(H,28,30). The number of aryl methyl sites for hydroxylation is 3. The zero-order chi connectivity index (χ0) is 24.2. The molecule has 0 spiro atoms. The van der Waals surface area contributed by atoms with E-state index in [9.17, 15) is 13.2 Å². The summed E-state index contributed by atoms with van der Waals surface area (Å²) in [6, 6.07) is 17.7. The van der Waals surface area contributed by atoms with E-state index in [1.807, 2.05) is 63.2 Å². The number of nitrogens with one attached hydrogen (secondary N) is 1. The Kier molecular flexibility index (Phi) is 8.19. The monoisotopic (exact) mass is 504 g/mol. The summed E-state index contributed by atoms with van der Waals surface area (Å²) in [5.74, 6) is -0.431. The Morgan fingerprint density at radius 1 is 0.939 bits per heavy atom. The van der Waals surface area contributed by atoms with Crippen molar-refractivity contribution in [1.29, 1.82) is 0 Å². The van der Waals surface area contributed by atoms with Gasteiger partial charge in [0.25, 0.3) is 0 Å². The first-order valence-corrected chi connectivity index (χ1v) is 12.6. The Morgan fingerprint density at radius 3 is 2.21 bits per heavy atom. The van der Waals surface area contributed by atoms with Crippen LogP contribution in [0.25, 0.3) is 0 Å². The fourth-order valence-electron chi connectivity index (χ4n) is 3.71. The van der Waals surface area contributed by atoms with Gasteiger partial charge in [0.1, 0.15) is 4.90 Å². The zero-order valence-electron chi connectivity index (χ0n) is 18.7. The van der Waals surface area contributed by atoms with E-state index in [-0.39, 0.29) is 28.0 Å². The van der Waals surface area contributed by atoms with Crippen LogP contribution < -0.4 is 5.32 Å². The molecule has 0 aliphatic rings. The molecule has 0 atom stereocenters. The minimum Gasteiger partial charge on any atom is -0.324 e. The van der Waals surface area contributed by atoms with E-state index in [1.165, 1.54) is 18.2 Å². The maximum absolute atomic E-state index is 13.5. The maximum Gasteiger partial charge on any atom is 0.245 e. The van der Waals surface area contributed by atoms with Crippen molar-refractivity contribution < 1.29 is 13.2 Å². The molecule has 0 saturated heterocycles. The van der Waals surface area contributed by atoms with Gasteiger partial charge >= 0.3 is 0 Å². The van der Waals surface area contributed by atoms with Crippen LogP contribution in [-0.2, 0) is 21.2 Å². The molecular weight excluding hydrogens is 479 g/mol. The molecule has 0 heterocycles. The molecule has 174 valence electrons. The summed E-state index contributed by atoms with van der Waals surface area (Å²) in [6.45, 7) is 5.55. The topological polar surface area (TPSA) is 66.5 Å². The number of hydrogen-bond donors (Lipinski definition) is 1. The van der Waals surface area contributed by atoms with Gasteiger partial charge < -0.3 is 5.32 Å². The van der Waals surface area contributed by atoms with Gasteiger partial charge in [0, 0.05) is 17.3 Å². The second kappa shape index (κ2) is 10.7. The van der Waals surface area contributed by atoms with Crippen molar-refractivity contribution in [3.63, 3.8) is 0 Å². The number of benzene rings is 3. The van der Waals surface area contributed by atoms with E-state index in [1.54, 1.807) is 0 Å². The minimum atomic E-state index is -4.08. The third kappa shape index (κ3) is 6.36. The molecule has 5 nitrogen and oxygen atoms in total. The highest BCUT2D eigenvalue weighted by molar-refractivity contribution is 7.89. The Balaban J connectivity index is 1.90. The summed E-state index contributed by atoms with van der Waals surface area (Å²) in [4.78, 5) is 12.9. The molecule has 1 N–H and O–H groups in total. The van der Waals surface area contributed by atoms with E-state index in [0.717, 1.165) is 26.6 Å². The van der Waals surface area contributed by atoms with Crippen LogP contribution >= 0.6 is 23.2 Å². The van der Waals surface area contributed by atoms with Gasteiger partial charge in [0.15, 0.2) is 0 Å². The van der Waals surface area contributed by atoms with Crippen molar-refractivity contribution in [3.8, 4) is 0 Å². The molecule has 33 heavy (non-hydrogen) atoms. The predicted molar refractivity (Wildman–Crippen MR) is 135 cm³/mol. The smallest absolute Gasteiger partial charge is 0.245 e. The number of carbonyl (C=O) groups excluding carboxylic acids is 1. The molecule has 0 aliphatic heterocycles. The van der Waals surface area contributed by atoms with Crippen LogP contribution in [-0.4, -0.2) is 31.7 Å². The fraction of sp³-hybridized carbons (Fsp3) is 0.240. The van der Waals surface area contributed by atoms with Crippen LogP contribution in [0.2, 0.25) is 10.0 Å². The van der Waals surface area contributed by atoms with Crippen LogP contribution in [0.5, 0.6) is 0 Å². The van der Waals surface area contributed by atoms with Gasteiger partial charge in [-0.05, 0) is 62.1 Å². The number of rotatable bonds is 8. The molecule has 1 amide bonds. The van der Waals surface area contributed by atoms with Crippen LogP contribution in [0.4, 0.5) is 5.69 Å². The predicted octanol–water partition coefficient (Wildman–Crippen LogP) is 5.79. The van der Waals surface area contributed by atoms with E-state index in [2.05, 4.69) is 5.32 Å². The average molecular weight is 505 g/mol. The van der Waals surface area contributed by atoms with Gasteiger partial charge in [-0.2, -0.15) is 4.31 Å². The lowest BCUT2D eigenvalue weighted by Gasteiger charge is -2.23. The molecule has 3 aromatic rings. The second-order valence-electron chi connectivity index (χ2n) is 7.97. The maximum atomic E-state index is 13.5. The SMILES string of the molecule is Cc1cc(C)c(NC(=O)CN(CCc2ccccc2)S(=O)(=O)c2cc(Cl)ccc2Cl)c(C)c1. The van der Waals surface area contributed by atoms with Crippen molar-refractivity contribution in [2.75, 3.05) is 18.4 Å². The number of sulfonamides is 1. The van der Waals surface area contributed by atoms with E-state index < -0.39 is 15.9 Å². The second-order valence-corrected chi connectivity index (χ2v) is 10.7. The molecular formula is C25H26Cl2N2O3S. The largest absolute Gasteiger partial charge is 0.324 e. The lowest BCUT2D eigenvalue weighted by atomic mass is 10.1. The first-order valence-electron chi connectivity index (χ1n) is 10.4. The van der Waals surface area contributed by atoms with Crippen molar-refractivity contribution in [3.05, 3.63) is 93.0 Å². The van der Waals surface area contributed by atoms with Crippen molar-refractivity contribution >= 4 is 44.8 Å². The molecule has 0 saturated carbocycles. The Labute approximate surface area is 205 Å². The van der Waals surface area contributed by atoms with Gasteiger partial charge in [0.2, 0.25) is 15.9 Å². The van der Waals surface area contributed by atoms with Crippen LogP contribution in [0, 0.1) is 20.8 Å². The summed E-state index contributed by atoms with van der Waals surface area (Å²) in [5, 5.41) is 3.18. The summed E-state index contributed by atoms with van der Waals surface area (Å²) in [5.41, 5.74) is 4.56. The van der Waals surface area contributed by atoms with Crippen molar-refractivity contribution in [2.45, 2.75) is 32.1 Å². The average Bonchev–Trinajstić information content (AvgIpc) is 2.76. The highest BCUT2D eigenvalue weighted by Crippen LogP contribution is 2.28. The summed E-state index contributed by atoms with van der Waals surface area (Å²) in [7, 11) is -4.08. The fourth-order valence-corrected chi connectivity index (χ4v) is 5.85. The third-order valence-corrected chi connectivity index (χ3v) is 7.83. The molecule has 3 aromatic carbocycles. The van der Waals surface area contributed by atoms with Crippen LogP contribution in [0.3, 0.4) is 0 Å². The molecule has 8 heteroatoms. The molecule has 0 bridgehead atoms. The highest BCUT2D eigenvalue weighted by Gasteiger charge is 2.29. The summed E-state index contributed by atoms with van der Waals surface area (Å²) >= 11 is 12.2. The van der Waals surface area contributed by atoms with Crippen molar-refractivity contribution in [1.82, 2.24) is 4.31 Å². The van der Waals surface area contributed by atoms with Gasteiger partial charge in [-0.25, -0.2) is 8.42 Å². The lowest BCUT2D eigenvalue weighted by molar-refractivity contribution is -0.116. The number of anilines is 1. The number of nitrogens with zero attached hydrogens (tertiary/aromatic N) is 1. The Morgan fingerprint density at radius 2 is 1.58 bits per heavy atom. The van der Waals surface area contributed by atoms with Crippen LogP contribution in [0.1, 0.15) is 22.3 Å². The van der Waals surface area contributed by atoms with E-state index in [4.69, 9.17) is 23.2 Å². The van der Waals surface area contributed by atoms with E-state index >= 15 is 0 Å². The molecule has 3 rings (SSSR count). The quantitative estimate of drug-likeness (QED) is 0.422. The van der Waals surface area contributed by atoms with Gasteiger partial charge in [-0.3, -0.25) is 4.79 Å². The van der Waals surface area contributed by atoms with Crippen LogP contribution in [0.15, 0.2) is 65.6 Å². The van der Waals surface area contributed by atoms with Gasteiger partial charge in [0.05, 0.1) is 11.6 Å². The molecule has 0 aromatic heterocycles. The number of carbonyl (C=O) groups is 1. The molecule has 0 aliphatic carbocycles. The molecule has 0 fully saturated rings. The van der Waals surface area contributed by atoms with Gasteiger partial charge in [-0.1, -0.05) is 71.2 Å². The number of hydrogen-bond acceptors (Lipinski definition) is 3. The van der Waals surface area contributed by atoms with Gasteiger partial charge in [-0.15, -0.1) is 0 Å². The number of amides is 1. The number of halogens is 2. The Bertz CT molecular complexity index is 1240. The first-order chi connectivity index (χ1) is 15.6. The zero-order valence-corrected chi connectivity index (χ0v) is 21.1. The Hall–Kier alpha value is -2.38. The lowest BCUT2D eigenvalue weighted by Crippen LogP contribution is -2.39. The summed E-state index contributed by atoms with van der Waals surface area (Å²) in [6.07, 6.45) is 0.439. The first kappa shape index (κ1) is 25.2.